The van der Waals surface area contributed by atoms with Crippen LogP contribution in [0.25, 0.3) is 0 Å². The minimum atomic E-state index is -4.07. The molecule has 10 fully saturated rings. The van der Waals surface area contributed by atoms with E-state index in [2.05, 4.69) is 105 Å². The smallest absolute Gasteiger partial charge is 0.208 e. The average molecular weight is 943 g/mol. The topological polar surface area (TPSA) is 92.6 Å². The molecule has 69 heavy (non-hydrogen) atoms. The third-order valence-electron chi connectivity index (χ3n) is 20.2. The molecule has 11 aliphatic rings. The third-order valence-corrected chi connectivity index (χ3v) is 22.1. The number of para-hydroxylation sites is 2. The van der Waals surface area contributed by atoms with Crippen LogP contribution in [-0.4, -0.2) is 114 Å². The largest absolute Gasteiger partial charge is 0.372 e. The minimum Gasteiger partial charge on any atom is -0.372 e. The van der Waals surface area contributed by atoms with Crippen molar-refractivity contribution >= 4 is 32.6 Å². The van der Waals surface area contributed by atoms with Crippen LogP contribution in [0.15, 0.2) is 101 Å². The second-order valence-corrected chi connectivity index (χ2v) is 25.4. The number of ether oxygens (including phenoxy) is 2. The molecular weight excluding hydrogens is 877 g/mol. The molecule has 5 saturated heterocycles. The zero-order valence-corrected chi connectivity index (χ0v) is 41.0. The summed E-state index contributed by atoms with van der Waals surface area (Å²) in [7, 11) is -4.07. The third kappa shape index (κ3) is 5.79. The lowest BCUT2D eigenvalue weighted by atomic mass is 9.61. The van der Waals surface area contributed by atoms with Crippen LogP contribution >= 0.6 is 0 Å². The number of benzene rings is 4. The molecule has 10 nitrogen and oxygen atoms in total. The molecule has 4 aromatic rings. The first-order valence-corrected chi connectivity index (χ1v) is 28.5. The van der Waals surface area contributed by atoms with Crippen LogP contribution in [0.2, 0.25) is 0 Å². The Hall–Kier alpha value is -4.28. The molecule has 0 spiro atoms. The van der Waals surface area contributed by atoms with Gasteiger partial charge >= 0.3 is 0 Å². The van der Waals surface area contributed by atoms with Gasteiger partial charge in [0, 0.05) is 65.5 Å². The van der Waals surface area contributed by atoms with E-state index in [1.54, 1.807) is 24.3 Å². The molecule has 5 saturated carbocycles. The number of piperazine rings is 3. The van der Waals surface area contributed by atoms with Crippen molar-refractivity contribution in [1.29, 1.82) is 5.26 Å². The number of sulfone groups is 1. The van der Waals surface area contributed by atoms with Gasteiger partial charge in [0.15, 0.2) is 0 Å². The molecule has 4 aromatic carbocycles. The first kappa shape index (κ1) is 42.4. The summed E-state index contributed by atoms with van der Waals surface area (Å²) in [5.41, 5.74) is 6.27. The number of hydrogen-bond acceptors (Lipinski definition) is 10. The van der Waals surface area contributed by atoms with Gasteiger partial charge < -0.3 is 19.3 Å². The summed E-state index contributed by atoms with van der Waals surface area (Å²) in [6, 6.07) is 36.6. The van der Waals surface area contributed by atoms with Crippen molar-refractivity contribution < 1.29 is 17.9 Å². The van der Waals surface area contributed by atoms with Crippen molar-refractivity contribution in [2.24, 2.45) is 0 Å². The van der Waals surface area contributed by atoms with Crippen LogP contribution in [0.1, 0.15) is 127 Å². The Labute approximate surface area is 408 Å². The van der Waals surface area contributed by atoms with E-state index in [1.165, 1.54) is 81.8 Å². The predicted molar refractivity (Wildman–Crippen MR) is 266 cm³/mol. The Morgan fingerprint density at radius 1 is 0.522 bits per heavy atom. The molecule has 5 aliphatic carbocycles. The molecule has 358 valence electrons. The second kappa shape index (κ2) is 15.4. The molecule has 0 bridgehead atoms. The summed E-state index contributed by atoms with van der Waals surface area (Å²) in [6.07, 6.45) is 19.3. The molecule has 6 aliphatic heterocycles. The molecule has 15 rings (SSSR count). The molecule has 0 N–H and O–H groups in total. The summed E-state index contributed by atoms with van der Waals surface area (Å²) >= 11 is 0. The number of nitrogens with zero attached hydrogens (tertiary/aromatic N) is 6. The lowest BCUT2D eigenvalue weighted by Crippen LogP contribution is -2.93. The number of fused-ring (bicyclic) bond motifs is 8. The molecule has 14 atom stereocenters. The summed E-state index contributed by atoms with van der Waals surface area (Å²) in [4.78, 5) is 15.2. The summed E-state index contributed by atoms with van der Waals surface area (Å²) in [5.74, 6) is 0. The Morgan fingerprint density at radius 3 is 1.62 bits per heavy atom. The Bertz CT molecular complexity index is 2760. The van der Waals surface area contributed by atoms with Gasteiger partial charge in [-0.2, -0.15) is 5.26 Å². The quantitative estimate of drug-likeness (QED) is 0.197. The van der Waals surface area contributed by atoms with Crippen LogP contribution < -0.4 is 9.80 Å². The molecule has 6 heterocycles. The van der Waals surface area contributed by atoms with E-state index in [0.29, 0.717) is 77.8 Å². The fraction of sp³-hybridized carbons (Fsp3) is 0.569. The van der Waals surface area contributed by atoms with E-state index in [-0.39, 0.29) is 39.5 Å². The molecule has 0 aromatic heterocycles. The number of hydrogen-bond donors (Lipinski definition) is 0. The van der Waals surface area contributed by atoms with Crippen LogP contribution in [-0.2, 0) is 24.7 Å². The lowest BCUT2D eigenvalue weighted by molar-refractivity contribution is -0.306. The van der Waals surface area contributed by atoms with Crippen LogP contribution in [0.5, 0.6) is 0 Å². The number of nitriles is 1. The van der Waals surface area contributed by atoms with Gasteiger partial charge in [-0.25, -0.2) is 8.42 Å². The first-order valence-electron chi connectivity index (χ1n) is 27.0. The van der Waals surface area contributed by atoms with Gasteiger partial charge in [-0.3, -0.25) is 14.7 Å². The zero-order valence-electron chi connectivity index (χ0n) is 40.2. The van der Waals surface area contributed by atoms with Gasteiger partial charge in [-0.05, 0) is 130 Å². The molecule has 0 radical (unpaired) electrons. The van der Waals surface area contributed by atoms with Gasteiger partial charge in [0.1, 0.15) is 0 Å². The van der Waals surface area contributed by atoms with E-state index < -0.39 is 9.84 Å². The van der Waals surface area contributed by atoms with E-state index in [4.69, 9.17) is 9.47 Å². The Balaban J connectivity index is 0.946. The van der Waals surface area contributed by atoms with Gasteiger partial charge in [0.05, 0.1) is 75.0 Å². The van der Waals surface area contributed by atoms with Gasteiger partial charge in [0.25, 0.3) is 0 Å². The first-order chi connectivity index (χ1) is 33.7. The fourth-order valence-electron chi connectivity index (χ4n) is 17.9. The minimum absolute atomic E-state index is 0.192. The van der Waals surface area contributed by atoms with Crippen molar-refractivity contribution in [3.8, 4) is 6.07 Å². The number of anilines is 4. The SMILES string of the molecule is CC1(C)c2ccccc2N(c2cc(N3C4CCC5OC6CCCCC6N6C7CCCC8C7N(C4C56)C4C3CCC3OC5CCCCC5N8C34)ccc2S(=O)(=O)c2ccc(C#N)cc2)c2ccccc21. The second-order valence-electron chi connectivity index (χ2n) is 23.5. The Morgan fingerprint density at radius 2 is 1.06 bits per heavy atom. The van der Waals surface area contributed by atoms with E-state index in [0.717, 1.165) is 42.7 Å². The number of morpholine rings is 2. The maximum atomic E-state index is 15.4. The normalized spacial score (nSPS) is 39.2. The highest BCUT2D eigenvalue weighted by Crippen LogP contribution is 2.60. The molecule has 11 heteroatoms. The maximum Gasteiger partial charge on any atom is 0.208 e. The van der Waals surface area contributed by atoms with Gasteiger partial charge in [-0.1, -0.05) is 82.3 Å². The van der Waals surface area contributed by atoms with Crippen molar-refractivity contribution in [1.82, 2.24) is 14.7 Å². The maximum absolute atomic E-state index is 15.4. The Kier molecular flexibility index (Phi) is 9.44. The van der Waals surface area contributed by atoms with Crippen molar-refractivity contribution in [2.75, 3.05) is 9.80 Å². The fourth-order valence-corrected chi connectivity index (χ4v) is 19.3. The monoisotopic (exact) mass is 942 g/mol. The average Bonchev–Trinajstić information content (AvgIpc) is 3.39. The van der Waals surface area contributed by atoms with Gasteiger partial charge in [-0.15, -0.1) is 0 Å². The zero-order chi connectivity index (χ0) is 46.1. The van der Waals surface area contributed by atoms with E-state index in [1.807, 2.05) is 6.07 Å². The summed E-state index contributed by atoms with van der Waals surface area (Å²) in [5, 5.41) is 9.70. The van der Waals surface area contributed by atoms with E-state index in [9.17, 15) is 5.26 Å². The van der Waals surface area contributed by atoms with Crippen molar-refractivity contribution in [2.45, 2.75) is 216 Å². The van der Waals surface area contributed by atoms with Crippen LogP contribution in [0.3, 0.4) is 0 Å². The highest BCUT2D eigenvalue weighted by atomic mass is 32.2. The van der Waals surface area contributed by atoms with Crippen molar-refractivity contribution in [3.63, 3.8) is 0 Å². The summed E-state index contributed by atoms with van der Waals surface area (Å²) < 4.78 is 45.6. The molecule has 0 amide bonds. The number of rotatable bonds is 4. The standard InChI is InChI=1S/C58H66N6O4S/c1-58(2)37-12-3-5-14-39(37)61(40-15-6-4-13-38(40)58)47-32-35(24-31-52(47)69(65,66)36-25-22-34(33-59)23-26-36)60-45-27-29-50-56-54(45)64-53-43(62(56)41-16-7-9-20-48(41)67-50)18-11-19-44(53)63-42-17-8-10-21-49(42)68-51-30-28-46(60)55(64)57(51)63/h3-6,12-15,22-26,31-32,41-46,48-51,53-57H,7-11,16-21,27-30H2,1-2H3. The van der Waals surface area contributed by atoms with Crippen LogP contribution in [0.4, 0.5) is 22.7 Å². The molecule has 14 unspecified atom stereocenters. The van der Waals surface area contributed by atoms with Gasteiger partial charge in [0.2, 0.25) is 9.84 Å². The highest BCUT2D eigenvalue weighted by Gasteiger charge is 2.72. The van der Waals surface area contributed by atoms with Crippen LogP contribution in [0, 0.1) is 11.3 Å². The lowest BCUT2D eigenvalue weighted by Gasteiger charge is -2.78. The highest BCUT2D eigenvalue weighted by molar-refractivity contribution is 7.91. The van der Waals surface area contributed by atoms with E-state index >= 15 is 8.42 Å². The van der Waals surface area contributed by atoms with Crippen molar-refractivity contribution in [3.05, 3.63) is 108 Å². The summed E-state index contributed by atoms with van der Waals surface area (Å²) in [6.45, 7) is 4.58. The molecular formula is C58H66N6O4S. The predicted octanol–water partition coefficient (Wildman–Crippen LogP) is 9.76.